The van der Waals surface area contributed by atoms with E-state index in [9.17, 15) is 9.90 Å². The molecule has 2 amide bonds. The van der Waals surface area contributed by atoms with E-state index in [2.05, 4.69) is 15.6 Å². The average Bonchev–Trinajstić information content (AvgIpc) is 3.16. The van der Waals surface area contributed by atoms with Gasteiger partial charge < -0.3 is 15.7 Å². The van der Waals surface area contributed by atoms with E-state index in [1.807, 2.05) is 54.6 Å². The molecule has 0 atom stereocenters. The highest BCUT2D eigenvalue weighted by atomic mass is 35.5. The van der Waals surface area contributed by atoms with Crippen molar-refractivity contribution in [2.75, 3.05) is 11.9 Å². The summed E-state index contributed by atoms with van der Waals surface area (Å²) in [5, 5.41) is 16.7. The van der Waals surface area contributed by atoms with Crippen molar-refractivity contribution < 1.29 is 9.90 Å². The minimum atomic E-state index is -0.409. The predicted molar refractivity (Wildman–Crippen MR) is 119 cm³/mol. The van der Waals surface area contributed by atoms with Crippen molar-refractivity contribution >= 4 is 44.9 Å². The molecule has 3 N–H and O–H groups in total. The van der Waals surface area contributed by atoms with E-state index in [1.54, 1.807) is 12.1 Å². The van der Waals surface area contributed by atoms with Crippen molar-refractivity contribution in [1.29, 1.82) is 0 Å². The van der Waals surface area contributed by atoms with Crippen molar-refractivity contribution in [2.24, 2.45) is 0 Å². The number of aromatic nitrogens is 1. The van der Waals surface area contributed by atoms with Crippen LogP contribution in [0.1, 0.15) is 5.56 Å². The summed E-state index contributed by atoms with van der Waals surface area (Å²) in [5.74, 6) is -0.172. The fourth-order valence-electron chi connectivity index (χ4n) is 2.95. The topological polar surface area (TPSA) is 74.2 Å². The number of aromatic hydroxyl groups is 1. The first kappa shape index (κ1) is 19.2. The maximum Gasteiger partial charge on any atom is 0.319 e. The zero-order valence-corrected chi connectivity index (χ0v) is 16.9. The molecule has 0 radical (unpaired) electrons. The largest absolute Gasteiger partial charge is 0.504 e. The zero-order valence-electron chi connectivity index (χ0n) is 15.4. The fraction of sp³-hybridized carbons (Fsp3) is 0.0909. The third-order valence-electron chi connectivity index (χ3n) is 4.39. The lowest BCUT2D eigenvalue weighted by atomic mass is 10.1. The summed E-state index contributed by atoms with van der Waals surface area (Å²) in [6.45, 7) is 0.474. The van der Waals surface area contributed by atoms with Gasteiger partial charge >= 0.3 is 6.03 Å². The molecule has 7 heteroatoms. The van der Waals surface area contributed by atoms with Gasteiger partial charge in [0.1, 0.15) is 5.01 Å². The second-order valence-electron chi connectivity index (χ2n) is 6.46. The molecule has 0 bridgehead atoms. The van der Waals surface area contributed by atoms with Gasteiger partial charge in [-0.05, 0) is 36.2 Å². The van der Waals surface area contributed by atoms with Crippen LogP contribution in [0, 0.1) is 0 Å². The molecule has 0 saturated heterocycles. The normalized spacial score (nSPS) is 10.8. The second kappa shape index (κ2) is 8.51. The summed E-state index contributed by atoms with van der Waals surface area (Å²) in [7, 11) is 0. The number of thiazole rings is 1. The molecular formula is C22H18ClN3O2S. The van der Waals surface area contributed by atoms with Gasteiger partial charge in [-0.15, -0.1) is 11.3 Å². The van der Waals surface area contributed by atoms with Gasteiger partial charge in [0.05, 0.1) is 20.9 Å². The lowest BCUT2D eigenvalue weighted by Crippen LogP contribution is -2.30. The minimum absolute atomic E-state index is 0.154. The Morgan fingerprint density at radius 3 is 2.62 bits per heavy atom. The van der Waals surface area contributed by atoms with Crippen LogP contribution >= 0.6 is 22.9 Å². The van der Waals surface area contributed by atoms with E-state index in [0.717, 1.165) is 26.4 Å². The number of hydrogen-bond donors (Lipinski definition) is 3. The summed E-state index contributed by atoms with van der Waals surface area (Å²) < 4.78 is 1.06. The molecule has 0 fully saturated rings. The summed E-state index contributed by atoms with van der Waals surface area (Å²) in [6.07, 6.45) is 0.715. The second-order valence-corrected chi connectivity index (χ2v) is 7.90. The van der Waals surface area contributed by atoms with Crippen LogP contribution in [0.3, 0.4) is 0 Å². The van der Waals surface area contributed by atoms with E-state index in [1.165, 1.54) is 11.3 Å². The molecule has 146 valence electrons. The molecule has 0 aliphatic carbocycles. The van der Waals surface area contributed by atoms with Gasteiger partial charge in [-0.1, -0.05) is 54.1 Å². The molecule has 1 heterocycles. The number of phenolic OH excluding ortho intramolecular Hbond substituents is 1. The van der Waals surface area contributed by atoms with Crippen molar-refractivity contribution in [2.45, 2.75) is 6.42 Å². The predicted octanol–water partition coefficient (Wildman–Crippen LogP) is 5.69. The Morgan fingerprint density at radius 2 is 1.83 bits per heavy atom. The first-order valence-corrected chi connectivity index (χ1v) is 10.3. The number of amides is 2. The van der Waals surface area contributed by atoms with Crippen molar-refractivity contribution in [3.05, 3.63) is 77.3 Å². The minimum Gasteiger partial charge on any atom is -0.504 e. The van der Waals surface area contributed by atoms with E-state index < -0.39 is 6.03 Å². The SMILES string of the molecule is O=C(NCCc1ccccc1)Nc1cc(-c2nc3ccccc3s2)cc(Cl)c1O. The van der Waals surface area contributed by atoms with Gasteiger partial charge in [0.2, 0.25) is 0 Å². The van der Waals surface area contributed by atoms with E-state index in [-0.39, 0.29) is 16.5 Å². The number of fused-ring (bicyclic) bond motifs is 1. The molecule has 5 nitrogen and oxygen atoms in total. The molecule has 0 spiro atoms. The van der Waals surface area contributed by atoms with Crippen molar-refractivity contribution in [3.8, 4) is 16.3 Å². The summed E-state index contributed by atoms with van der Waals surface area (Å²) in [5.41, 5.74) is 3.00. The molecule has 0 aliphatic heterocycles. The van der Waals surface area contributed by atoms with Crippen LogP contribution in [0.5, 0.6) is 5.75 Å². The van der Waals surface area contributed by atoms with Gasteiger partial charge in [0.25, 0.3) is 0 Å². The number of anilines is 1. The number of para-hydroxylation sites is 1. The van der Waals surface area contributed by atoms with Gasteiger partial charge in [0, 0.05) is 12.1 Å². The number of rotatable bonds is 5. The molecule has 1 aromatic heterocycles. The Labute approximate surface area is 177 Å². The molecule has 4 aromatic rings. The van der Waals surface area contributed by atoms with Crippen LogP contribution in [-0.4, -0.2) is 22.7 Å². The number of urea groups is 1. The highest BCUT2D eigenvalue weighted by molar-refractivity contribution is 7.21. The lowest BCUT2D eigenvalue weighted by molar-refractivity contribution is 0.252. The molecule has 0 saturated carbocycles. The first-order valence-electron chi connectivity index (χ1n) is 9.07. The number of hydrogen-bond acceptors (Lipinski definition) is 4. The number of nitrogens with zero attached hydrogens (tertiary/aromatic N) is 1. The summed E-state index contributed by atoms with van der Waals surface area (Å²) in [6, 6.07) is 20.6. The average molecular weight is 424 g/mol. The Bertz CT molecular complexity index is 1130. The highest BCUT2D eigenvalue weighted by Crippen LogP contribution is 2.39. The smallest absolute Gasteiger partial charge is 0.319 e. The van der Waals surface area contributed by atoms with E-state index in [0.29, 0.717) is 13.0 Å². The first-order chi connectivity index (χ1) is 14.1. The maximum atomic E-state index is 12.3. The molecule has 0 aliphatic rings. The Hall–Kier alpha value is -3.09. The third-order valence-corrected chi connectivity index (χ3v) is 5.77. The van der Waals surface area contributed by atoms with Crippen LogP contribution < -0.4 is 10.6 Å². The van der Waals surface area contributed by atoms with E-state index in [4.69, 9.17) is 11.6 Å². The zero-order chi connectivity index (χ0) is 20.2. The fourth-order valence-corrected chi connectivity index (χ4v) is 4.12. The van der Waals surface area contributed by atoms with Crippen LogP contribution in [0.4, 0.5) is 10.5 Å². The Balaban J connectivity index is 1.49. The molecule has 0 unspecified atom stereocenters. The molecule has 3 aromatic carbocycles. The van der Waals surface area contributed by atoms with Crippen molar-refractivity contribution in [1.82, 2.24) is 10.3 Å². The summed E-state index contributed by atoms with van der Waals surface area (Å²) >= 11 is 7.71. The van der Waals surface area contributed by atoms with Gasteiger partial charge in [-0.3, -0.25) is 0 Å². The van der Waals surface area contributed by atoms with Gasteiger partial charge in [-0.25, -0.2) is 9.78 Å². The lowest BCUT2D eigenvalue weighted by Gasteiger charge is -2.11. The molecule has 29 heavy (non-hydrogen) atoms. The Kier molecular flexibility index (Phi) is 5.64. The molecular weight excluding hydrogens is 406 g/mol. The quantitative estimate of drug-likeness (QED) is 0.361. The van der Waals surface area contributed by atoms with E-state index >= 15 is 0 Å². The van der Waals surface area contributed by atoms with Gasteiger partial charge in [-0.2, -0.15) is 0 Å². The number of nitrogens with one attached hydrogen (secondary N) is 2. The van der Waals surface area contributed by atoms with Crippen LogP contribution in [0.15, 0.2) is 66.7 Å². The summed E-state index contributed by atoms with van der Waals surface area (Å²) in [4.78, 5) is 16.9. The standard InChI is InChI=1S/C22H18ClN3O2S/c23-16-12-15(21-25-17-8-4-5-9-19(17)29-21)13-18(20(16)27)26-22(28)24-11-10-14-6-2-1-3-7-14/h1-9,12-13,27H,10-11H2,(H2,24,26,28). The molecule has 4 rings (SSSR count). The van der Waals surface area contributed by atoms with Crippen LogP contribution in [0.2, 0.25) is 5.02 Å². The highest BCUT2D eigenvalue weighted by Gasteiger charge is 2.14. The number of halogens is 1. The maximum absolute atomic E-state index is 12.3. The van der Waals surface area contributed by atoms with Crippen LogP contribution in [-0.2, 0) is 6.42 Å². The van der Waals surface area contributed by atoms with Crippen LogP contribution in [0.25, 0.3) is 20.8 Å². The number of benzene rings is 3. The number of carbonyl (C=O) groups excluding carboxylic acids is 1. The number of phenols is 1. The van der Waals surface area contributed by atoms with Gasteiger partial charge in [0.15, 0.2) is 5.75 Å². The Morgan fingerprint density at radius 1 is 1.07 bits per heavy atom. The monoisotopic (exact) mass is 423 g/mol. The number of carbonyl (C=O) groups is 1. The van der Waals surface area contributed by atoms with Crippen molar-refractivity contribution in [3.63, 3.8) is 0 Å². The third kappa shape index (κ3) is 4.50.